The van der Waals surface area contributed by atoms with Crippen LogP contribution >= 0.6 is 0 Å². The number of benzene rings is 1. The Morgan fingerprint density at radius 2 is 1.82 bits per heavy atom. The van der Waals surface area contributed by atoms with Crippen molar-refractivity contribution in [1.82, 2.24) is 0 Å². The third-order valence-corrected chi connectivity index (χ3v) is 5.15. The van der Waals surface area contributed by atoms with Crippen molar-refractivity contribution in [2.45, 2.75) is 51.5 Å². The second-order valence-electron chi connectivity index (χ2n) is 6.79. The third-order valence-electron chi connectivity index (χ3n) is 5.15. The van der Waals surface area contributed by atoms with Gasteiger partial charge in [-0.25, -0.2) is 0 Å². The molecule has 1 heteroatoms. The first-order chi connectivity index (χ1) is 7.97. The first-order valence-electron chi connectivity index (χ1n) is 6.79. The molecule has 1 heterocycles. The van der Waals surface area contributed by atoms with Crippen LogP contribution < -0.4 is 4.90 Å². The van der Waals surface area contributed by atoms with Crippen LogP contribution in [0.1, 0.15) is 45.6 Å². The van der Waals surface area contributed by atoms with Gasteiger partial charge in [0.2, 0.25) is 0 Å². The molecular formula is C16H23N. The summed E-state index contributed by atoms with van der Waals surface area (Å²) in [7, 11) is 2.28. The second-order valence-corrected chi connectivity index (χ2v) is 6.79. The zero-order valence-electron chi connectivity index (χ0n) is 11.5. The Bertz CT molecular complexity index is 449. The Labute approximate surface area is 105 Å². The van der Waals surface area contributed by atoms with E-state index in [2.05, 4.69) is 57.0 Å². The van der Waals surface area contributed by atoms with Gasteiger partial charge < -0.3 is 4.90 Å². The van der Waals surface area contributed by atoms with Crippen LogP contribution in [0.2, 0.25) is 0 Å². The summed E-state index contributed by atoms with van der Waals surface area (Å²) >= 11 is 0. The van der Waals surface area contributed by atoms with Gasteiger partial charge in [0.25, 0.3) is 0 Å². The molecule has 0 N–H and O–H groups in total. The van der Waals surface area contributed by atoms with E-state index in [1.165, 1.54) is 24.9 Å². The molecule has 1 aliphatic heterocycles. The van der Waals surface area contributed by atoms with E-state index in [-0.39, 0.29) is 0 Å². The number of hydrogen-bond acceptors (Lipinski definition) is 1. The maximum Gasteiger partial charge on any atom is 0.0432 e. The highest BCUT2D eigenvalue weighted by Crippen LogP contribution is 2.56. The van der Waals surface area contributed by atoms with Gasteiger partial charge in [-0.3, -0.25) is 0 Å². The molecule has 1 aromatic rings. The number of rotatable bonds is 0. The van der Waals surface area contributed by atoms with E-state index in [1.54, 1.807) is 5.56 Å². The number of para-hydroxylation sites is 1. The zero-order chi connectivity index (χ0) is 12.3. The summed E-state index contributed by atoms with van der Waals surface area (Å²) in [5.41, 5.74) is 3.80. The van der Waals surface area contributed by atoms with Crippen molar-refractivity contribution in [3.63, 3.8) is 0 Å². The standard InChI is InChI=1S/C16H23N/c1-15(2)10-7-11-16(3)12-8-5-6-9-13(12)17(4)14(15)16/h5-6,8-9,14H,7,10-11H2,1-4H3/t14-,16-/m0/s1. The van der Waals surface area contributed by atoms with Crippen LogP contribution in [0, 0.1) is 5.41 Å². The molecule has 1 saturated carbocycles. The molecule has 0 unspecified atom stereocenters. The molecule has 1 aliphatic carbocycles. The summed E-state index contributed by atoms with van der Waals surface area (Å²) in [6, 6.07) is 9.65. The van der Waals surface area contributed by atoms with Crippen molar-refractivity contribution >= 4 is 5.69 Å². The van der Waals surface area contributed by atoms with Gasteiger partial charge in [-0.2, -0.15) is 0 Å². The minimum Gasteiger partial charge on any atom is -0.370 e. The number of anilines is 1. The van der Waals surface area contributed by atoms with Crippen molar-refractivity contribution in [2.75, 3.05) is 11.9 Å². The van der Waals surface area contributed by atoms with E-state index in [0.717, 1.165) is 0 Å². The Kier molecular flexibility index (Phi) is 2.14. The molecule has 0 amide bonds. The van der Waals surface area contributed by atoms with Crippen molar-refractivity contribution < 1.29 is 0 Å². The van der Waals surface area contributed by atoms with Gasteiger partial charge in [0, 0.05) is 24.2 Å². The van der Waals surface area contributed by atoms with Gasteiger partial charge in [-0.1, -0.05) is 45.4 Å². The molecule has 2 aliphatic rings. The smallest absolute Gasteiger partial charge is 0.0432 e. The molecule has 2 atom stereocenters. The van der Waals surface area contributed by atoms with Crippen molar-refractivity contribution in [1.29, 1.82) is 0 Å². The van der Waals surface area contributed by atoms with Crippen LogP contribution in [0.3, 0.4) is 0 Å². The van der Waals surface area contributed by atoms with E-state index < -0.39 is 0 Å². The van der Waals surface area contributed by atoms with Gasteiger partial charge in [0.1, 0.15) is 0 Å². The summed E-state index contributed by atoms with van der Waals surface area (Å²) in [6.07, 6.45) is 4.05. The minimum atomic E-state index is 0.354. The molecule has 92 valence electrons. The van der Waals surface area contributed by atoms with Crippen LogP contribution in [-0.4, -0.2) is 13.1 Å². The highest BCUT2D eigenvalue weighted by Gasteiger charge is 2.54. The van der Waals surface area contributed by atoms with Crippen LogP contribution in [-0.2, 0) is 5.41 Å². The van der Waals surface area contributed by atoms with E-state index in [1.807, 2.05) is 0 Å². The van der Waals surface area contributed by atoms with Crippen molar-refractivity contribution in [2.24, 2.45) is 5.41 Å². The molecule has 0 radical (unpaired) electrons. The van der Waals surface area contributed by atoms with Gasteiger partial charge in [0.15, 0.2) is 0 Å². The maximum absolute atomic E-state index is 2.54. The van der Waals surface area contributed by atoms with Gasteiger partial charge >= 0.3 is 0 Å². The van der Waals surface area contributed by atoms with E-state index in [4.69, 9.17) is 0 Å². The predicted molar refractivity (Wildman–Crippen MR) is 73.6 cm³/mol. The predicted octanol–water partition coefficient (Wildman–Crippen LogP) is 3.97. The van der Waals surface area contributed by atoms with Crippen LogP contribution in [0.5, 0.6) is 0 Å². The zero-order valence-corrected chi connectivity index (χ0v) is 11.5. The van der Waals surface area contributed by atoms with Crippen LogP contribution in [0.15, 0.2) is 24.3 Å². The Balaban J connectivity index is 2.19. The van der Waals surface area contributed by atoms with Gasteiger partial charge in [-0.05, 0) is 29.9 Å². The van der Waals surface area contributed by atoms with E-state index in [9.17, 15) is 0 Å². The monoisotopic (exact) mass is 229 g/mol. The summed E-state index contributed by atoms with van der Waals surface area (Å²) in [5, 5.41) is 0. The van der Waals surface area contributed by atoms with E-state index in [0.29, 0.717) is 16.9 Å². The molecule has 0 aromatic heterocycles. The lowest BCUT2D eigenvalue weighted by Gasteiger charge is -2.49. The topological polar surface area (TPSA) is 3.24 Å². The summed E-state index contributed by atoms with van der Waals surface area (Å²) in [4.78, 5) is 2.54. The fourth-order valence-electron chi connectivity index (χ4n) is 4.68. The minimum absolute atomic E-state index is 0.354. The second kappa shape index (κ2) is 3.28. The summed E-state index contributed by atoms with van der Waals surface area (Å²) in [5.74, 6) is 0. The number of fused-ring (bicyclic) bond motifs is 3. The molecule has 0 saturated heterocycles. The Hall–Kier alpha value is -0.980. The number of likely N-dealkylation sites (N-methyl/N-ethyl adjacent to an activating group) is 1. The maximum atomic E-state index is 2.54. The lowest BCUT2D eigenvalue weighted by atomic mass is 9.59. The fraction of sp³-hybridized carbons (Fsp3) is 0.625. The average molecular weight is 229 g/mol. The third kappa shape index (κ3) is 1.31. The summed E-state index contributed by atoms with van der Waals surface area (Å²) < 4.78 is 0. The molecule has 1 aromatic carbocycles. The van der Waals surface area contributed by atoms with Crippen molar-refractivity contribution in [3.8, 4) is 0 Å². The largest absolute Gasteiger partial charge is 0.370 e. The molecule has 17 heavy (non-hydrogen) atoms. The molecule has 3 rings (SSSR count). The molecular weight excluding hydrogens is 206 g/mol. The van der Waals surface area contributed by atoms with Gasteiger partial charge in [0.05, 0.1) is 0 Å². The molecule has 0 bridgehead atoms. The lowest BCUT2D eigenvalue weighted by Crippen LogP contribution is -2.53. The molecule has 1 fully saturated rings. The quantitative estimate of drug-likeness (QED) is 0.650. The highest BCUT2D eigenvalue weighted by atomic mass is 15.2. The van der Waals surface area contributed by atoms with E-state index >= 15 is 0 Å². The lowest BCUT2D eigenvalue weighted by molar-refractivity contribution is 0.128. The number of nitrogens with zero attached hydrogens (tertiary/aromatic N) is 1. The van der Waals surface area contributed by atoms with Crippen LogP contribution in [0.25, 0.3) is 0 Å². The highest BCUT2D eigenvalue weighted by molar-refractivity contribution is 5.64. The number of hydrogen-bond donors (Lipinski definition) is 0. The first kappa shape index (κ1) is 11.1. The average Bonchev–Trinajstić information content (AvgIpc) is 2.50. The fourth-order valence-corrected chi connectivity index (χ4v) is 4.68. The first-order valence-corrected chi connectivity index (χ1v) is 6.79. The molecule has 0 spiro atoms. The normalized spacial score (nSPS) is 34.4. The Morgan fingerprint density at radius 3 is 2.59 bits per heavy atom. The van der Waals surface area contributed by atoms with Crippen LogP contribution in [0.4, 0.5) is 5.69 Å². The SMILES string of the molecule is CN1c2ccccc2[C@]2(C)CCCC(C)(C)[C@H]12. The Morgan fingerprint density at radius 1 is 1.12 bits per heavy atom. The summed E-state index contributed by atoms with van der Waals surface area (Å²) in [6.45, 7) is 7.36. The van der Waals surface area contributed by atoms with Gasteiger partial charge in [-0.15, -0.1) is 0 Å². The van der Waals surface area contributed by atoms with Crippen molar-refractivity contribution in [3.05, 3.63) is 29.8 Å². The molecule has 1 nitrogen and oxygen atoms in total.